The summed E-state index contributed by atoms with van der Waals surface area (Å²) >= 11 is 0. The molecule has 3 N–H and O–H groups in total. The molecule has 1 aromatic carbocycles. The minimum absolute atomic E-state index is 0.0229. The van der Waals surface area contributed by atoms with Gasteiger partial charge in [-0.25, -0.2) is 4.79 Å². The average molecular weight is 291 g/mol. The van der Waals surface area contributed by atoms with E-state index >= 15 is 0 Å². The molecular formula is C16H25N3O2. The lowest BCUT2D eigenvalue weighted by Crippen LogP contribution is -2.30. The smallest absolute Gasteiger partial charge is 0.319 e. The van der Waals surface area contributed by atoms with Gasteiger partial charge in [0, 0.05) is 24.3 Å². The molecule has 0 aliphatic rings. The molecule has 0 aromatic heterocycles. The van der Waals surface area contributed by atoms with Gasteiger partial charge in [0.2, 0.25) is 5.91 Å². The van der Waals surface area contributed by atoms with E-state index in [1.807, 2.05) is 19.9 Å². The van der Waals surface area contributed by atoms with E-state index in [9.17, 15) is 9.59 Å². The Morgan fingerprint density at radius 3 is 2.48 bits per heavy atom. The van der Waals surface area contributed by atoms with E-state index in [0.29, 0.717) is 24.6 Å². The molecule has 0 bridgehead atoms. The summed E-state index contributed by atoms with van der Waals surface area (Å²) in [5, 5.41) is 8.43. The van der Waals surface area contributed by atoms with Crippen LogP contribution < -0.4 is 16.0 Å². The summed E-state index contributed by atoms with van der Waals surface area (Å²) in [7, 11) is 0. The monoisotopic (exact) mass is 291 g/mol. The van der Waals surface area contributed by atoms with E-state index in [4.69, 9.17) is 0 Å². The van der Waals surface area contributed by atoms with Crippen LogP contribution in [-0.2, 0) is 4.79 Å². The number of aryl methyl sites for hydroxylation is 1. The van der Waals surface area contributed by atoms with Gasteiger partial charge in [-0.15, -0.1) is 0 Å². The lowest BCUT2D eigenvalue weighted by Gasteiger charge is -2.12. The van der Waals surface area contributed by atoms with Crippen LogP contribution in [0.2, 0.25) is 0 Å². The highest BCUT2D eigenvalue weighted by molar-refractivity contribution is 5.93. The quantitative estimate of drug-likeness (QED) is 0.750. The predicted octanol–water partition coefficient (Wildman–Crippen LogP) is 3.51. The molecular weight excluding hydrogens is 266 g/mol. The standard InChI is InChI=1S/C16H25N3O2/c1-5-15(20)19-14-7-6-13(10-12(14)4)18-16(21)17-9-8-11(2)3/h6-7,10-11H,5,8-9H2,1-4H3,(H,19,20)(H2,17,18,21). The summed E-state index contributed by atoms with van der Waals surface area (Å²) < 4.78 is 0. The zero-order chi connectivity index (χ0) is 15.8. The van der Waals surface area contributed by atoms with Gasteiger partial charge >= 0.3 is 6.03 Å². The number of anilines is 2. The number of hydrogen-bond donors (Lipinski definition) is 3. The lowest BCUT2D eigenvalue weighted by atomic mass is 10.1. The summed E-state index contributed by atoms with van der Waals surface area (Å²) in [6.45, 7) is 8.60. The first kappa shape index (κ1) is 17.0. The minimum atomic E-state index is -0.208. The predicted molar refractivity (Wildman–Crippen MR) is 86.6 cm³/mol. The van der Waals surface area contributed by atoms with Crippen LogP contribution in [0.3, 0.4) is 0 Å². The van der Waals surface area contributed by atoms with E-state index in [1.54, 1.807) is 12.1 Å². The van der Waals surface area contributed by atoms with Gasteiger partial charge < -0.3 is 16.0 Å². The van der Waals surface area contributed by atoms with Crippen molar-refractivity contribution in [2.45, 2.75) is 40.5 Å². The third-order valence-electron chi connectivity index (χ3n) is 3.09. The van der Waals surface area contributed by atoms with Crippen molar-refractivity contribution in [3.8, 4) is 0 Å². The Morgan fingerprint density at radius 1 is 1.19 bits per heavy atom. The van der Waals surface area contributed by atoms with Gasteiger partial charge in [0.25, 0.3) is 0 Å². The maximum atomic E-state index is 11.7. The van der Waals surface area contributed by atoms with E-state index < -0.39 is 0 Å². The highest BCUT2D eigenvalue weighted by Gasteiger charge is 2.06. The highest BCUT2D eigenvalue weighted by Crippen LogP contribution is 2.19. The molecule has 21 heavy (non-hydrogen) atoms. The van der Waals surface area contributed by atoms with Crippen molar-refractivity contribution in [1.82, 2.24) is 5.32 Å². The van der Waals surface area contributed by atoms with Gasteiger partial charge in [-0.2, -0.15) is 0 Å². The van der Waals surface area contributed by atoms with Crippen molar-refractivity contribution in [1.29, 1.82) is 0 Å². The van der Waals surface area contributed by atoms with Crippen molar-refractivity contribution >= 4 is 23.3 Å². The van der Waals surface area contributed by atoms with Gasteiger partial charge in [-0.3, -0.25) is 4.79 Å². The molecule has 0 heterocycles. The topological polar surface area (TPSA) is 70.2 Å². The molecule has 5 nitrogen and oxygen atoms in total. The highest BCUT2D eigenvalue weighted by atomic mass is 16.2. The normalized spacial score (nSPS) is 10.3. The Hall–Kier alpha value is -2.04. The van der Waals surface area contributed by atoms with E-state index in [0.717, 1.165) is 17.7 Å². The van der Waals surface area contributed by atoms with Crippen molar-refractivity contribution in [3.05, 3.63) is 23.8 Å². The molecule has 3 amide bonds. The molecule has 0 radical (unpaired) electrons. The Morgan fingerprint density at radius 2 is 1.90 bits per heavy atom. The van der Waals surface area contributed by atoms with Crippen molar-refractivity contribution in [2.75, 3.05) is 17.2 Å². The fourth-order valence-electron chi connectivity index (χ4n) is 1.77. The summed E-state index contributed by atoms with van der Waals surface area (Å²) in [5.74, 6) is 0.541. The maximum Gasteiger partial charge on any atom is 0.319 e. The van der Waals surface area contributed by atoms with Crippen LogP contribution >= 0.6 is 0 Å². The fourth-order valence-corrected chi connectivity index (χ4v) is 1.77. The third-order valence-corrected chi connectivity index (χ3v) is 3.09. The first-order chi connectivity index (χ1) is 9.92. The zero-order valence-corrected chi connectivity index (χ0v) is 13.2. The second kappa shape index (κ2) is 8.29. The Labute approximate surface area is 126 Å². The minimum Gasteiger partial charge on any atom is -0.338 e. The maximum absolute atomic E-state index is 11.7. The molecule has 0 saturated heterocycles. The molecule has 116 valence electrons. The number of urea groups is 1. The Balaban J connectivity index is 2.55. The number of rotatable bonds is 6. The number of carbonyl (C=O) groups excluding carboxylic acids is 2. The summed E-state index contributed by atoms with van der Waals surface area (Å²) in [6.07, 6.45) is 1.39. The number of carbonyl (C=O) groups is 2. The molecule has 0 spiro atoms. The first-order valence-electron chi connectivity index (χ1n) is 7.37. The molecule has 0 aliphatic heterocycles. The van der Waals surface area contributed by atoms with Gasteiger partial charge in [-0.05, 0) is 43.0 Å². The molecule has 0 saturated carbocycles. The van der Waals surface area contributed by atoms with E-state index in [2.05, 4.69) is 29.8 Å². The van der Waals surface area contributed by atoms with Crippen molar-refractivity contribution < 1.29 is 9.59 Å². The molecule has 1 aromatic rings. The molecule has 0 fully saturated rings. The van der Waals surface area contributed by atoms with Crippen LogP contribution in [0.25, 0.3) is 0 Å². The van der Waals surface area contributed by atoms with Crippen LogP contribution in [0.15, 0.2) is 18.2 Å². The summed E-state index contributed by atoms with van der Waals surface area (Å²) in [5.41, 5.74) is 2.40. The number of benzene rings is 1. The molecule has 1 rings (SSSR count). The molecule has 0 unspecified atom stereocenters. The van der Waals surface area contributed by atoms with Gasteiger partial charge in [0.05, 0.1) is 0 Å². The van der Waals surface area contributed by atoms with Crippen LogP contribution in [0.4, 0.5) is 16.2 Å². The van der Waals surface area contributed by atoms with E-state index in [1.165, 1.54) is 0 Å². The second-order valence-corrected chi connectivity index (χ2v) is 5.49. The molecule has 0 atom stereocenters. The zero-order valence-electron chi connectivity index (χ0n) is 13.2. The van der Waals surface area contributed by atoms with Gasteiger partial charge in [0.1, 0.15) is 0 Å². The number of amides is 3. The summed E-state index contributed by atoms with van der Waals surface area (Å²) in [6, 6.07) is 5.21. The molecule has 0 aliphatic carbocycles. The summed E-state index contributed by atoms with van der Waals surface area (Å²) in [4.78, 5) is 23.1. The van der Waals surface area contributed by atoms with Gasteiger partial charge in [-0.1, -0.05) is 20.8 Å². The lowest BCUT2D eigenvalue weighted by molar-refractivity contribution is -0.115. The van der Waals surface area contributed by atoms with Crippen LogP contribution in [0, 0.1) is 12.8 Å². The number of nitrogens with one attached hydrogen (secondary N) is 3. The van der Waals surface area contributed by atoms with Crippen LogP contribution in [0.5, 0.6) is 0 Å². The fraction of sp³-hybridized carbons (Fsp3) is 0.500. The van der Waals surface area contributed by atoms with Crippen LogP contribution in [0.1, 0.15) is 39.2 Å². The van der Waals surface area contributed by atoms with Crippen LogP contribution in [-0.4, -0.2) is 18.5 Å². The SMILES string of the molecule is CCC(=O)Nc1ccc(NC(=O)NCCC(C)C)cc1C. The number of hydrogen-bond acceptors (Lipinski definition) is 2. The van der Waals surface area contributed by atoms with Crippen molar-refractivity contribution in [3.63, 3.8) is 0 Å². The third kappa shape index (κ3) is 6.29. The largest absolute Gasteiger partial charge is 0.338 e. The average Bonchev–Trinajstić information content (AvgIpc) is 2.41. The van der Waals surface area contributed by atoms with E-state index in [-0.39, 0.29) is 11.9 Å². The van der Waals surface area contributed by atoms with Gasteiger partial charge in [0.15, 0.2) is 0 Å². The first-order valence-corrected chi connectivity index (χ1v) is 7.37. The Kier molecular flexibility index (Phi) is 6.72. The van der Waals surface area contributed by atoms with Crippen molar-refractivity contribution in [2.24, 2.45) is 5.92 Å². The Bertz CT molecular complexity index is 498. The molecule has 5 heteroatoms. The second-order valence-electron chi connectivity index (χ2n) is 5.49.